The van der Waals surface area contributed by atoms with Gasteiger partial charge < -0.3 is 4.84 Å². The van der Waals surface area contributed by atoms with Crippen LogP contribution in [0.1, 0.15) is 5.56 Å². The van der Waals surface area contributed by atoms with Crippen LogP contribution in [0.15, 0.2) is 48.5 Å². The zero-order chi connectivity index (χ0) is 11.7. The van der Waals surface area contributed by atoms with Gasteiger partial charge in [0, 0.05) is 0 Å². The van der Waals surface area contributed by atoms with Crippen molar-refractivity contribution in [3.05, 3.63) is 54.1 Å². The molecule has 0 bridgehead atoms. The third-order valence-corrected chi connectivity index (χ3v) is 2.51. The van der Waals surface area contributed by atoms with Crippen molar-refractivity contribution in [2.75, 3.05) is 0 Å². The molecule has 0 unspecified atom stereocenters. The van der Waals surface area contributed by atoms with Gasteiger partial charge in [0.05, 0.1) is 0 Å². The first-order chi connectivity index (χ1) is 8.33. The highest BCUT2D eigenvalue weighted by molar-refractivity contribution is 5.74. The molecule has 0 aliphatic heterocycles. The Kier molecular flexibility index (Phi) is 2.26. The van der Waals surface area contributed by atoms with Gasteiger partial charge in [-0.15, -0.1) is 5.10 Å². The summed E-state index contributed by atoms with van der Waals surface area (Å²) in [4.78, 5) is 7.07. The fraction of sp³-hybridized carbons (Fsp3) is 0.0769. The molecule has 2 aromatic carbocycles. The lowest BCUT2D eigenvalue weighted by Gasteiger charge is -2.04. The van der Waals surface area contributed by atoms with E-state index in [9.17, 15) is 0 Å². The first-order valence-electron chi connectivity index (χ1n) is 5.38. The molecule has 4 heteroatoms. The van der Waals surface area contributed by atoms with Crippen LogP contribution in [0, 0.1) is 6.92 Å². The SMILES string of the molecule is Cc1ccc2nnn(Oc3ccccc3)c2c1. The van der Waals surface area contributed by atoms with E-state index in [4.69, 9.17) is 4.84 Å². The predicted octanol–water partition coefficient (Wildman–Crippen LogP) is 2.58. The van der Waals surface area contributed by atoms with E-state index in [1.165, 1.54) is 4.85 Å². The van der Waals surface area contributed by atoms with Crippen LogP contribution in [0.3, 0.4) is 0 Å². The smallest absolute Gasteiger partial charge is 0.158 e. The Morgan fingerprint density at radius 1 is 1.06 bits per heavy atom. The van der Waals surface area contributed by atoms with Crippen LogP contribution in [0.4, 0.5) is 0 Å². The number of para-hydroxylation sites is 1. The van der Waals surface area contributed by atoms with Gasteiger partial charge in [0.2, 0.25) is 0 Å². The van der Waals surface area contributed by atoms with Gasteiger partial charge in [0.15, 0.2) is 5.75 Å². The lowest BCUT2D eigenvalue weighted by Crippen LogP contribution is -2.06. The molecule has 4 nitrogen and oxygen atoms in total. The highest BCUT2D eigenvalue weighted by atomic mass is 16.7. The summed E-state index contributed by atoms with van der Waals surface area (Å²) in [6.07, 6.45) is 0. The Hall–Kier alpha value is -2.36. The number of nitrogens with zero attached hydrogens (tertiary/aromatic N) is 3. The van der Waals surface area contributed by atoms with Crippen LogP contribution >= 0.6 is 0 Å². The van der Waals surface area contributed by atoms with Crippen LogP contribution in [-0.2, 0) is 0 Å². The average molecular weight is 225 g/mol. The number of aromatic nitrogens is 3. The van der Waals surface area contributed by atoms with Crippen molar-refractivity contribution in [1.29, 1.82) is 0 Å². The fourth-order valence-electron chi connectivity index (χ4n) is 1.66. The molecule has 0 fully saturated rings. The quantitative estimate of drug-likeness (QED) is 0.673. The van der Waals surface area contributed by atoms with Gasteiger partial charge in [-0.25, -0.2) is 0 Å². The molecule has 0 amide bonds. The largest absolute Gasteiger partial charge is 0.356 e. The normalized spacial score (nSPS) is 10.6. The van der Waals surface area contributed by atoms with E-state index in [0.29, 0.717) is 0 Å². The van der Waals surface area contributed by atoms with Crippen LogP contribution in [0.2, 0.25) is 0 Å². The highest BCUT2D eigenvalue weighted by Gasteiger charge is 2.05. The van der Waals surface area contributed by atoms with Gasteiger partial charge >= 0.3 is 0 Å². The van der Waals surface area contributed by atoms with Crippen LogP contribution < -0.4 is 4.84 Å². The molecular formula is C13H11N3O. The van der Waals surface area contributed by atoms with Gasteiger partial charge in [-0.1, -0.05) is 29.1 Å². The molecule has 3 aromatic rings. The molecule has 0 spiro atoms. The van der Waals surface area contributed by atoms with E-state index in [1.807, 2.05) is 55.5 Å². The fourth-order valence-corrected chi connectivity index (χ4v) is 1.66. The molecule has 1 aromatic heterocycles. The van der Waals surface area contributed by atoms with E-state index >= 15 is 0 Å². The number of aryl methyl sites for hydroxylation is 1. The van der Waals surface area contributed by atoms with Crippen molar-refractivity contribution in [3.8, 4) is 5.75 Å². The predicted molar refractivity (Wildman–Crippen MR) is 64.7 cm³/mol. The maximum absolute atomic E-state index is 5.63. The van der Waals surface area contributed by atoms with Crippen molar-refractivity contribution in [2.45, 2.75) is 6.92 Å². The van der Waals surface area contributed by atoms with Crippen molar-refractivity contribution in [3.63, 3.8) is 0 Å². The third-order valence-electron chi connectivity index (χ3n) is 2.51. The molecule has 84 valence electrons. The molecular weight excluding hydrogens is 214 g/mol. The van der Waals surface area contributed by atoms with Gasteiger partial charge in [0.1, 0.15) is 11.0 Å². The van der Waals surface area contributed by atoms with Crippen molar-refractivity contribution >= 4 is 11.0 Å². The molecule has 0 aliphatic rings. The summed E-state index contributed by atoms with van der Waals surface area (Å²) < 4.78 is 0. The summed E-state index contributed by atoms with van der Waals surface area (Å²) >= 11 is 0. The maximum atomic E-state index is 5.63. The Morgan fingerprint density at radius 3 is 2.71 bits per heavy atom. The molecule has 0 saturated heterocycles. The van der Waals surface area contributed by atoms with E-state index in [-0.39, 0.29) is 0 Å². The minimum Gasteiger partial charge on any atom is -0.356 e. The second-order valence-corrected chi connectivity index (χ2v) is 3.86. The lowest BCUT2D eigenvalue weighted by molar-refractivity contribution is 0.184. The van der Waals surface area contributed by atoms with Gasteiger partial charge in [-0.2, -0.15) is 0 Å². The maximum Gasteiger partial charge on any atom is 0.158 e. The zero-order valence-electron chi connectivity index (χ0n) is 9.37. The Morgan fingerprint density at radius 2 is 1.88 bits per heavy atom. The summed E-state index contributed by atoms with van der Waals surface area (Å²) in [6.45, 7) is 2.03. The standard InChI is InChI=1S/C13H11N3O/c1-10-7-8-12-13(9-10)16(15-14-12)17-11-5-3-2-4-6-11/h2-9H,1H3. The van der Waals surface area contributed by atoms with Crippen LogP contribution in [0.5, 0.6) is 5.75 Å². The van der Waals surface area contributed by atoms with E-state index in [2.05, 4.69) is 10.3 Å². The summed E-state index contributed by atoms with van der Waals surface area (Å²) in [5, 5.41) is 8.02. The van der Waals surface area contributed by atoms with E-state index < -0.39 is 0 Å². The van der Waals surface area contributed by atoms with Gasteiger partial charge in [-0.3, -0.25) is 0 Å². The number of benzene rings is 2. The Bertz CT molecular complexity index is 646. The van der Waals surface area contributed by atoms with Gasteiger partial charge in [0.25, 0.3) is 0 Å². The summed E-state index contributed by atoms with van der Waals surface area (Å²) in [5.74, 6) is 0.737. The molecule has 0 radical (unpaired) electrons. The van der Waals surface area contributed by atoms with Gasteiger partial charge in [-0.05, 0) is 42.0 Å². The van der Waals surface area contributed by atoms with Crippen LogP contribution in [0.25, 0.3) is 11.0 Å². The van der Waals surface area contributed by atoms with Crippen molar-refractivity contribution in [2.24, 2.45) is 0 Å². The second-order valence-electron chi connectivity index (χ2n) is 3.86. The third kappa shape index (κ3) is 1.85. The van der Waals surface area contributed by atoms with E-state index in [1.54, 1.807) is 0 Å². The Labute approximate surface area is 98.4 Å². The first kappa shape index (κ1) is 9.84. The highest BCUT2D eigenvalue weighted by Crippen LogP contribution is 2.15. The average Bonchev–Trinajstić information content (AvgIpc) is 2.73. The van der Waals surface area contributed by atoms with E-state index in [0.717, 1.165) is 22.3 Å². The first-order valence-corrected chi connectivity index (χ1v) is 5.38. The lowest BCUT2D eigenvalue weighted by atomic mass is 10.2. The van der Waals surface area contributed by atoms with Crippen LogP contribution in [-0.4, -0.2) is 15.2 Å². The second kappa shape index (κ2) is 3.90. The minimum atomic E-state index is 0.737. The monoisotopic (exact) mass is 225 g/mol. The molecule has 17 heavy (non-hydrogen) atoms. The summed E-state index contributed by atoms with van der Waals surface area (Å²) in [5.41, 5.74) is 2.85. The topological polar surface area (TPSA) is 39.9 Å². The van der Waals surface area contributed by atoms with Crippen molar-refractivity contribution in [1.82, 2.24) is 15.2 Å². The minimum absolute atomic E-state index is 0.737. The molecule has 0 N–H and O–H groups in total. The zero-order valence-corrected chi connectivity index (χ0v) is 9.37. The summed E-state index contributed by atoms with van der Waals surface area (Å²) in [7, 11) is 0. The molecule has 3 rings (SSSR count). The molecule has 0 atom stereocenters. The van der Waals surface area contributed by atoms with Crippen molar-refractivity contribution < 1.29 is 4.84 Å². The summed E-state index contributed by atoms with van der Waals surface area (Å²) in [6, 6.07) is 15.5. The number of hydrogen-bond donors (Lipinski definition) is 0. The molecule has 0 aliphatic carbocycles. The number of hydrogen-bond acceptors (Lipinski definition) is 3. The molecule has 1 heterocycles. The Balaban J connectivity index is 2.03. The number of fused-ring (bicyclic) bond motifs is 1. The number of rotatable bonds is 2. The molecule has 0 saturated carbocycles.